The van der Waals surface area contributed by atoms with Crippen molar-refractivity contribution in [2.45, 2.75) is 10.8 Å². The van der Waals surface area contributed by atoms with Crippen molar-refractivity contribution in [1.82, 2.24) is 9.13 Å². The van der Waals surface area contributed by atoms with Crippen LogP contribution in [0.3, 0.4) is 0 Å². The van der Waals surface area contributed by atoms with E-state index in [0.29, 0.717) is 0 Å². The highest BCUT2D eigenvalue weighted by atomic mass is 15.0. The van der Waals surface area contributed by atoms with E-state index in [0.717, 1.165) is 0 Å². The molecule has 0 fully saturated rings. The highest BCUT2D eigenvalue weighted by molar-refractivity contribution is 6.30. The topological polar surface area (TPSA) is 9.86 Å². The Morgan fingerprint density at radius 2 is 0.480 bits per heavy atom. The Kier molecular flexibility index (Phi) is 10.3. The smallest absolute Gasteiger partial charge is 0.0754 e. The number of para-hydroxylation sites is 6. The van der Waals surface area contributed by atoms with Crippen LogP contribution in [0.4, 0.5) is 0 Å². The lowest BCUT2D eigenvalue weighted by Gasteiger charge is -2.39. The number of fused-ring (bicyclic) bond motifs is 28. The maximum atomic E-state index is 2.59. The second kappa shape index (κ2) is 19.1. The Hall–Kier alpha value is -12.6. The van der Waals surface area contributed by atoms with Crippen LogP contribution in [-0.4, -0.2) is 9.13 Å². The fraction of sp³-hybridized carbons (Fsp3) is 0.0208. The van der Waals surface area contributed by atoms with Crippen LogP contribution in [0.2, 0.25) is 0 Å². The summed E-state index contributed by atoms with van der Waals surface area (Å²) in [6, 6.07) is 130. The van der Waals surface area contributed by atoms with Crippen molar-refractivity contribution < 1.29 is 0 Å². The molecule has 0 amide bonds. The van der Waals surface area contributed by atoms with E-state index in [9.17, 15) is 0 Å². The summed E-state index contributed by atoms with van der Waals surface area (Å²) in [6.07, 6.45) is 0. The molecule has 2 aromatic heterocycles. The molecule has 23 rings (SSSR count). The molecule has 0 saturated carbocycles. The van der Waals surface area contributed by atoms with Crippen molar-refractivity contribution in [3.63, 3.8) is 0 Å². The molecule has 2 unspecified atom stereocenters. The summed E-state index contributed by atoms with van der Waals surface area (Å²) in [7, 11) is 0. The van der Waals surface area contributed by atoms with Crippen molar-refractivity contribution in [2.24, 2.45) is 0 Å². The van der Waals surface area contributed by atoms with Crippen LogP contribution in [0, 0.1) is 0 Å². The molecule has 2 aliphatic carbocycles. The molecule has 0 bridgehead atoms. The normalized spacial score (nSPS) is 15.8. The third-order valence-electron chi connectivity index (χ3n) is 23.3. The number of aromatic nitrogens is 2. The van der Waals surface area contributed by atoms with Gasteiger partial charge >= 0.3 is 0 Å². The van der Waals surface area contributed by atoms with E-state index in [4.69, 9.17) is 0 Å². The molecule has 2 heteroatoms. The summed E-state index contributed by atoms with van der Waals surface area (Å²) < 4.78 is 5.10. The minimum atomic E-state index is -0.612. The summed E-state index contributed by atoms with van der Waals surface area (Å²) in [5, 5.41) is 14.9. The van der Waals surface area contributed by atoms with Gasteiger partial charge in [0.1, 0.15) is 0 Å². The Bertz CT molecular complexity index is 6430. The summed E-state index contributed by atoms with van der Waals surface area (Å²) in [5.41, 5.74) is 31.7. The number of rotatable bonds is 4. The van der Waals surface area contributed by atoms with Crippen LogP contribution in [0.5, 0.6) is 0 Å². The second-order valence-electron chi connectivity index (χ2n) is 27.5. The van der Waals surface area contributed by atoms with Crippen molar-refractivity contribution in [1.29, 1.82) is 0 Å². The maximum Gasteiger partial charge on any atom is 0.0754 e. The first kappa shape index (κ1) is 52.7. The molecule has 2 aliphatic heterocycles. The highest BCUT2D eigenvalue weighted by Gasteiger charge is 2.53. The Morgan fingerprint density at radius 3 is 0.959 bits per heavy atom. The molecule has 0 saturated heterocycles. The minimum absolute atomic E-state index is 0.612. The fourth-order valence-corrected chi connectivity index (χ4v) is 19.9. The molecule has 450 valence electrons. The average molecular weight is 1240 g/mol. The zero-order valence-electron chi connectivity index (χ0n) is 53.2. The van der Waals surface area contributed by atoms with E-state index in [1.807, 2.05) is 0 Å². The molecular formula is C96H56N2. The largest absolute Gasteiger partial charge is 0.309 e. The maximum absolute atomic E-state index is 2.59. The first-order chi connectivity index (χ1) is 48.7. The third-order valence-corrected chi connectivity index (χ3v) is 23.3. The molecule has 98 heavy (non-hydrogen) atoms. The summed E-state index contributed by atoms with van der Waals surface area (Å²) in [4.78, 5) is 0. The number of hydrogen-bond acceptors (Lipinski definition) is 0. The van der Waals surface area contributed by atoms with Gasteiger partial charge in [-0.2, -0.15) is 0 Å². The molecule has 0 radical (unpaired) electrons. The van der Waals surface area contributed by atoms with Gasteiger partial charge in [0.15, 0.2) is 0 Å². The highest BCUT2D eigenvalue weighted by Crippen LogP contribution is 2.66. The van der Waals surface area contributed by atoms with Gasteiger partial charge in [-0.05, 0) is 185 Å². The van der Waals surface area contributed by atoms with Crippen LogP contribution in [-0.2, 0) is 10.8 Å². The summed E-state index contributed by atoms with van der Waals surface area (Å²) in [6.45, 7) is 0. The van der Waals surface area contributed by atoms with Gasteiger partial charge in [0, 0.05) is 21.5 Å². The van der Waals surface area contributed by atoms with Gasteiger partial charge in [0.25, 0.3) is 0 Å². The fourth-order valence-electron chi connectivity index (χ4n) is 19.9. The Balaban J connectivity index is 0.850. The van der Waals surface area contributed by atoms with Gasteiger partial charge < -0.3 is 9.13 Å². The van der Waals surface area contributed by atoms with Crippen LogP contribution in [0.1, 0.15) is 44.5 Å². The van der Waals surface area contributed by atoms with Crippen molar-refractivity contribution in [3.8, 4) is 78.1 Å². The van der Waals surface area contributed by atoms with Crippen LogP contribution in [0.25, 0.3) is 165 Å². The Labute approximate surface area is 565 Å². The molecule has 2 atom stereocenters. The van der Waals surface area contributed by atoms with Crippen molar-refractivity contribution in [2.75, 3.05) is 0 Å². The average Bonchev–Trinajstić information content (AvgIpc) is 1.49. The lowest BCUT2D eigenvalue weighted by molar-refractivity contribution is 0.748. The monoisotopic (exact) mass is 1240 g/mol. The molecule has 4 aliphatic rings. The lowest BCUT2D eigenvalue weighted by Crippen LogP contribution is -2.33. The van der Waals surface area contributed by atoms with Crippen LogP contribution in [0.15, 0.2) is 340 Å². The molecule has 17 aromatic carbocycles. The van der Waals surface area contributed by atoms with Crippen molar-refractivity contribution in [3.05, 3.63) is 384 Å². The van der Waals surface area contributed by atoms with Crippen LogP contribution >= 0.6 is 0 Å². The zero-order chi connectivity index (χ0) is 63.7. The SMILES string of the molecule is c1ccc(-c2c3ccccc3c(-c3c4cccc(-c5cccc6c5-c5ccccc5C65c6ccccc6-n6c7ccccc7c7cccc5c76)c4cc4c(-c5cccc6c5-c5ccccc5C65c6ccccc6-n6c7ccccc7c7cccc5c76)cccc34)c3ccccc23)cc1. The number of nitrogens with zero attached hydrogens (tertiary/aromatic N) is 2. The molecule has 2 spiro atoms. The van der Waals surface area contributed by atoms with E-state index < -0.39 is 10.8 Å². The van der Waals surface area contributed by atoms with Gasteiger partial charge in [-0.3, -0.25) is 0 Å². The number of hydrogen-bond donors (Lipinski definition) is 0. The van der Waals surface area contributed by atoms with Gasteiger partial charge in [0.05, 0.1) is 44.3 Å². The van der Waals surface area contributed by atoms with Gasteiger partial charge in [0.2, 0.25) is 0 Å². The molecule has 19 aromatic rings. The first-order valence-corrected chi connectivity index (χ1v) is 34.4. The first-order valence-electron chi connectivity index (χ1n) is 34.4. The predicted octanol–water partition coefficient (Wildman–Crippen LogP) is 24.5. The van der Waals surface area contributed by atoms with Gasteiger partial charge in [-0.25, -0.2) is 0 Å². The summed E-state index contributed by atoms with van der Waals surface area (Å²) in [5.74, 6) is 0. The Morgan fingerprint density at radius 1 is 0.173 bits per heavy atom. The quantitative estimate of drug-likeness (QED) is 0.155. The predicted molar refractivity (Wildman–Crippen MR) is 409 cm³/mol. The third kappa shape index (κ3) is 6.31. The van der Waals surface area contributed by atoms with E-state index >= 15 is 0 Å². The lowest BCUT2D eigenvalue weighted by atomic mass is 9.65. The van der Waals surface area contributed by atoms with E-state index in [1.54, 1.807) is 0 Å². The summed E-state index contributed by atoms with van der Waals surface area (Å²) >= 11 is 0. The number of benzene rings is 17. The van der Waals surface area contributed by atoms with Gasteiger partial charge in [-0.1, -0.05) is 309 Å². The molecule has 4 heterocycles. The second-order valence-corrected chi connectivity index (χ2v) is 27.5. The van der Waals surface area contributed by atoms with Gasteiger partial charge in [-0.15, -0.1) is 0 Å². The van der Waals surface area contributed by atoms with Crippen molar-refractivity contribution >= 4 is 86.7 Å². The van der Waals surface area contributed by atoms with Crippen LogP contribution < -0.4 is 0 Å². The molecule has 2 nitrogen and oxygen atoms in total. The van der Waals surface area contributed by atoms with E-state index in [-0.39, 0.29) is 0 Å². The molecule has 0 N–H and O–H groups in total. The molecular weight excluding hydrogens is 1180 g/mol. The van der Waals surface area contributed by atoms with E-state index in [2.05, 4.69) is 349 Å². The standard InChI is InChI=1S/C96H56N2/c1-2-26-57(27-3-1)88-64-30-4-6-32-66(64)91(67-33-7-5-31-65(67)88)92-68-38-20-36-58(62-40-22-48-80-89(62)72-34-8-12-44-76(72)95(80)78-46-14-18-54-86(78)97-84-52-16-10-28-60(84)70-42-24-50-82(95)93(70)97)74(68)56-75-59(37-21-39-69(75)92)63-41-23-49-81-90(63)73-35-9-13-45-77(73)96(81)79-47-15-19-55-87(79)98-85-53-17-11-29-61(85)71-43-25-51-83(96)94(71)98/h1-56H. The van der Waals surface area contributed by atoms with E-state index in [1.165, 1.54) is 209 Å². The minimum Gasteiger partial charge on any atom is -0.309 e. The zero-order valence-corrected chi connectivity index (χ0v) is 53.2.